The Balaban J connectivity index is 1.78. The number of likely N-dealkylation sites (tertiary alicyclic amines) is 1. The Kier molecular flexibility index (Phi) is 5.09. The zero-order chi connectivity index (χ0) is 17.8. The van der Waals surface area contributed by atoms with Crippen LogP contribution in [0.5, 0.6) is 0 Å². The molecule has 1 aliphatic heterocycles. The normalized spacial score (nSPS) is 18.1. The maximum Gasteiger partial charge on any atom is 0.282 e. The molecule has 1 fully saturated rings. The van der Waals surface area contributed by atoms with Crippen molar-refractivity contribution < 1.29 is 14.8 Å². The number of hydrogen-bond donors (Lipinski definition) is 1. The van der Waals surface area contributed by atoms with Gasteiger partial charge in [0.1, 0.15) is 5.56 Å². The van der Waals surface area contributed by atoms with E-state index in [0.29, 0.717) is 13.0 Å². The fourth-order valence-electron chi connectivity index (χ4n) is 3.39. The van der Waals surface area contributed by atoms with Crippen LogP contribution >= 0.6 is 0 Å². The van der Waals surface area contributed by atoms with E-state index in [0.717, 1.165) is 18.4 Å². The topological polar surface area (TPSA) is 83.7 Å². The predicted octanol–water partition coefficient (Wildman–Crippen LogP) is 3.32. The molecule has 1 aliphatic rings. The second-order valence-corrected chi connectivity index (χ2v) is 6.23. The highest BCUT2D eigenvalue weighted by atomic mass is 16.6. The molecule has 0 spiro atoms. The SMILES string of the molecule is O=C(c1ccccc1[N+](=O)[O-])N1CCC[C@@H]1C[C@@H](O)c1ccccc1. The molecule has 2 aromatic rings. The van der Waals surface area contributed by atoms with E-state index in [1.165, 1.54) is 12.1 Å². The summed E-state index contributed by atoms with van der Waals surface area (Å²) in [6.45, 7) is 0.553. The molecular formula is C19H20N2O4. The fourth-order valence-corrected chi connectivity index (χ4v) is 3.39. The molecule has 25 heavy (non-hydrogen) atoms. The first-order chi connectivity index (χ1) is 12.1. The monoisotopic (exact) mass is 340 g/mol. The third-order valence-corrected chi connectivity index (χ3v) is 4.65. The van der Waals surface area contributed by atoms with Crippen molar-refractivity contribution in [1.29, 1.82) is 0 Å². The van der Waals surface area contributed by atoms with Crippen LogP contribution < -0.4 is 0 Å². The summed E-state index contributed by atoms with van der Waals surface area (Å²) in [5.41, 5.74) is 0.739. The maximum absolute atomic E-state index is 12.8. The molecule has 1 saturated heterocycles. The van der Waals surface area contributed by atoms with Gasteiger partial charge in [0, 0.05) is 18.7 Å². The number of nitro benzene ring substituents is 1. The van der Waals surface area contributed by atoms with Gasteiger partial charge in [-0.15, -0.1) is 0 Å². The van der Waals surface area contributed by atoms with Crippen LogP contribution in [0, 0.1) is 10.1 Å². The van der Waals surface area contributed by atoms with Gasteiger partial charge in [0.25, 0.3) is 11.6 Å². The average molecular weight is 340 g/mol. The van der Waals surface area contributed by atoms with Gasteiger partial charge in [-0.2, -0.15) is 0 Å². The highest BCUT2D eigenvalue weighted by Gasteiger charge is 2.33. The molecule has 0 bridgehead atoms. The molecule has 0 aromatic heterocycles. The second-order valence-electron chi connectivity index (χ2n) is 6.23. The lowest BCUT2D eigenvalue weighted by molar-refractivity contribution is -0.385. The summed E-state index contributed by atoms with van der Waals surface area (Å²) in [4.78, 5) is 25.2. The van der Waals surface area contributed by atoms with Crippen molar-refractivity contribution in [2.24, 2.45) is 0 Å². The number of aliphatic hydroxyl groups excluding tert-OH is 1. The molecule has 0 unspecified atom stereocenters. The van der Waals surface area contributed by atoms with Crippen molar-refractivity contribution in [3.05, 3.63) is 75.8 Å². The van der Waals surface area contributed by atoms with Crippen molar-refractivity contribution in [3.63, 3.8) is 0 Å². The molecule has 0 aliphatic carbocycles. The van der Waals surface area contributed by atoms with Gasteiger partial charge in [-0.3, -0.25) is 14.9 Å². The van der Waals surface area contributed by atoms with E-state index in [1.807, 2.05) is 30.3 Å². The number of nitrogens with zero attached hydrogens (tertiary/aromatic N) is 2. The zero-order valence-corrected chi connectivity index (χ0v) is 13.7. The Bertz CT molecular complexity index is 763. The summed E-state index contributed by atoms with van der Waals surface area (Å²) in [5.74, 6) is -0.338. The van der Waals surface area contributed by atoms with Gasteiger partial charge in [-0.25, -0.2) is 0 Å². The summed E-state index contributed by atoms with van der Waals surface area (Å²) in [5, 5.41) is 21.6. The smallest absolute Gasteiger partial charge is 0.282 e. The van der Waals surface area contributed by atoms with E-state index in [2.05, 4.69) is 0 Å². The Morgan fingerprint density at radius 1 is 1.20 bits per heavy atom. The van der Waals surface area contributed by atoms with Crippen LogP contribution in [-0.4, -0.2) is 33.4 Å². The Morgan fingerprint density at radius 3 is 2.60 bits per heavy atom. The van der Waals surface area contributed by atoms with Gasteiger partial charge in [-0.05, 0) is 30.9 Å². The molecular weight excluding hydrogens is 320 g/mol. The number of carbonyl (C=O) groups excluding carboxylic acids is 1. The van der Waals surface area contributed by atoms with Crippen molar-refractivity contribution in [3.8, 4) is 0 Å². The Hall–Kier alpha value is -2.73. The minimum atomic E-state index is -0.662. The van der Waals surface area contributed by atoms with E-state index < -0.39 is 11.0 Å². The lowest BCUT2D eigenvalue weighted by Gasteiger charge is -2.26. The summed E-state index contributed by atoms with van der Waals surface area (Å²) in [6.07, 6.45) is 1.39. The zero-order valence-electron chi connectivity index (χ0n) is 13.7. The molecule has 1 amide bonds. The van der Waals surface area contributed by atoms with Gasteiger partial charge in [0.15, 0.2) is 0 Å². The van der Waals surface area contributed by atoms with E-state index >= 15 is 0 Å². The summed E-state index contributed by atoms with van der Waals surface area (Å²) in [7, 11) is 0. The highest BCUT2D eigenvalue weighted by molar-refractivity contribution is 5.98. The van der Waals surface area contributed by atoms with Crippen molar-refractivity contribution in [1.82, 2.24) is 4.90 Å². The van der Waals surface area contributed by atoms with E-state index in [1.54, 1.807) is 17.0 Å². The number of amides is 1. The fraction of sp³-hybridized carbons (Fsp3) is 0.316. The number of carbonyl (C=O) groups is 1. The molecule has 3 rings (SSSR count). The molecule has 6 nitrogen and oxygen atoms in total. The van der Waals surface area contributed by atoms with Gasteiger partial charge in [0.05, 0.1) is 11.0 Å². The van der Waals surface area contributed by atoms with Crippen LogP contribution in [0.2, 0.25) is 0 Å². The summed E-state index contributed by atoms with van der Waals surface area (Å²) < 4.78 is 0. The van der Waals surface area contributed by atoms with Gasteiger partial charge in [0.2, 0.25) is 0 Å². The minimum absolute atomic E-state index is 0.105. The third-order valence-electron chi connectivity index (χ3n) is 4.65. The number of nitro groups is 1. The Labute approximate surface area is 145 Å². The first-order valence-electron chi connectivity index (χ1n) is 8.35. The van der Waals surface area contributed by atoms with Gasteiger partial charge in [-0.1, -0.05) is 42.5 Å². The van der Waals surface area contributed by atoms with Gasteiger partial charge < -0.3 is 10.0 Å². The predicted molar refractivity (Wildman–Crippen MR) is 93.2 cm³/mol. The molecule has 1 heterocycles. The number of aliphatic hydroxyl groups is 1. The lowest BCUT2D eigenvalue weighted by atomic mass is 10.00. The number of para-hydroxylation sites is 1. The second kappa shape index (κ2) is 7.44. The molecule has 0 saturated carbocycles. The standard InChI is InChI=1S/C19H20N2O4/c22-18(14-7-2-1-3-8-14)13-15-9-6-12-20(15)19(23)16-10-4-5-11-17(16)21(24)25/h1-5,7-8,10-11,15,18,22H,6,9,12-13H2/t15-,18-/m1/s1. The van der Waals surface area contributed by atoms with E-state index in [9.17, 15) is 20.0 Å². The molecule has 0 radical (unpaired) electrons. The van der Waals surface area contributed by atoms with Crippen LogP contribution in [-0.2, 0) is 0 Å². The minimum Gasteiger partial charge on any atom is -0.388 e. The number of rotatable bonds is 5. The molecule has 2 atom stereocenters. The third kappa shape index (κ3) is 3.69. The molecule has 6 heteroatoms. The largest absolute Gasteiger partial charge is 0.388 e. The van der Waals surface area contributed by atoms with E-state index in [-0.39, 0.29) is 23.2 Å². The van der Waals surface area contributed by atoms with Crippen LogP contribution in [0.1, 0.15) is 41.3 Å². The average Bonchev–Trinajstić information content (AvgIpc) is 3.09. The summed E-state index contributed by atoms with van der Waals surface area (Å²) in [6, 6.07) is 15.2. The van der Waals surface area contributed by atoms with Crippen molar-refractivity contribution in [2.75, 3.05) is 6.54 Å². The highest BCUT2D eigenvalue weighted by Crippen LogP contribution is 2.30. The number of hydrogen-bond acceptors (Lipinski definition) is 4. The van der Waals surface area contributed by atoms with E-state index in [4.69, 9.17) is 0 Å². The van der Waals surface area contributed by atoms with Crippen molar-refractivity contribution >= 4 is 11.6 Å². The van der Waals surface area contributed by atoms with Crippen LogP contribution in [0.3, 0.4) is 0 Å². The molecule has 1 N–H and O–H groups in total. The molecule has 2 aromatic carbocycles. The first kappa shape index (κ1) is 17.1. The van der Waals surface area contributed by atoms with Crippen LogP contribution in [0.4, 0.5) is 5.69 Å². The first-order valence-corrected chi connectivity index (χ1v) is 8.35. The maximum atomic E-state index is 12.8. The number of benzene rings is 2. The summed E-state index contributed by atoms with van der Waals surface area (Å²) >= 11 is 0. The van der Waals surface area contributed by atoms with Crippen molar-refractivity contribution in [2.45, 2.75) is 31.4 Å². The lowest BCUT2D eigenvalue weighted by Crippen LogP contribution is -2.36. The van der Waals surface area contributed by atoms with Gasteiger partial charge >= 0.3 is 0 Å². The van der Waals surface area contributed by atoms with Crippen LogP contribution in [0.25, 0.3) is 0 Å². The van der Waals surface area contributed by atoms with Crippen LogP contribution in [0.15, 0.2) is 54.6 Å². The molecule has 130 valence electrons. The Morgan fingerprint density at radius 2 is 1.88 bits per heavy atom. The quantitative estimate of drug-likeness (QED) is 0.668.